The van der Waals surface area contributed by atoms with Gasteiger partial charge >= 0.3 is 0 Å². The van der Waals surface area contributed by atoms with Crippen LogP contribution in [0.1, 0.15) is 30.5 Å². The monoisotopic (exact) mass is 391 g/mol. The van der Waals surface area contributed by atoms with Gasteiger partial charge in [-0.25, -0.2) is 0 Å². The first-order chi connectivity index (χ1) is 10.8. The van der Waals surface area contributed by atoms with Crippen LogP contribution in [0.2, 0.25) is 0 Å². The molecule has 0 fully saturated rings. The fourth-order valence-corrected chi connectivity index (χ4v) is 2.56. The van der Waals surface area contributed by atoms with Gasteiger partial charge in [-0.3, -0.25) is 0 Å². The molecule has 1 aliphatic rings. The summed E-state index contributed by atoms with van der Waals surface area (Å²) in [6.07, 6.45) is 1.10. The van der Waals surface area contributed by atoms with Crippen LogP contribution in [0.5, 0.6) is 0 Å². The van der Waals surface area contributed by atoms with Gasteiger partial charge in [-0.05, 0) is 28.7 Å². The van der Waals surface area contributed by atoms with Crippen LogP contribution >= 0.6 is 0 Å². The van der Waals surface area contributed by atoms with Crippen molar-refractivity contribution in [2.24, 2.45) is 0 Å². The van der Waals surface area contributed by atoms with E-state index in [4.69, 9.17) is 0 Å². The van der Waals surface area contributed by atoms with Gasteiger partial charge in [0.05, 0.1) is 0 Å². The third-order valence-corrected chi connectivity index (χ3v) is 3.57. The van der Waals surface area contributed by atoms with Crippen LogP contribution in [0.15, 0.2) is 72.8 Å². The Morgan fingerprint density at radius 1 is 0.708 bits per heavy atom. The first-order valence-corrected chi connectivity index (χ1v) is 7.94. The first-order valence-electron chi connectivity index (χ1n) is 7.94. The van der Waals surface area contributed by atoms with Crippen LogP contribution in [0, 0.1) is 20.4 Å². The number of aryl methyl sites for hydroxylation is 1. The van der Waals surface area contributed by atoms with Crippen molar-refractivity contribution in [3.63, 3.8) is 0 Å². The van der Waals surface area contributed by atoms with Crippen LogP contribution in [0.25, 0.3) is 11.1 Å². The molecule has 0 bridgehead atoms. The van der Waals surface area contributed by atoms with Crippen molar-refractivity contribution in [3.05, 3.63) is 103 Å². The van der Waals surface area contributed by atoms with Gasteiger partial charge in [-0.1, -0.05) is 69.3 Å². The molecular formula is C23H26Y-2. The Kier molecular flexibility index (Phi) is 11.5. The van der Waals surface area contributed by atoms with Gasteiger partial charge in [-0.15, -0.1) is 0 Å². The fourth-order valence-electron chi connectivity index (χ4n) is 2.56. The molecule has 0 saturated carbocycles. The van der Waals surface area contributed by atoms with E-state index in [2.05, 4.69) is 54.6 Å². The quantitative estimate of drug-likeness (QED) is 0.299. The Hall–Kier alpha value is -1.24. The molecule has 1 radical (unpaired) electrons. The minimum Gasteiger partial charge on any atom is -0.358 e. The van der Waals surface area contributed by atoms with Gasteiger partial charge in [0.25, 0.3) is 0 Å². The summed E-state index contributed by atoms with van der Waals surface area (Å²) >= 11 is 0. The minimum atomic E-state index is 0. The standard InChI is InChI=1S/C13H10.C7H7.C2H6.CH3.Y/c1-3-7-12-10(5-1)9-11-6-2-4-8-13(11)12;1-7-5-3-2-4-6-7;1-2;;/h1-8H,9H2;2-5H,1H3;1-2H3;1H3;/q;-1;;-1;. The summed E-state index contributed by atoms with van der Waals surface area (Å²) in [7, 11) is 0. The maximum absolute atomic E-state index is 3.03. The molecule has 0 aromatic heterocycles. The number of benzene rings is 3. The molecule has 1 heteroatoms. The zero-order valence-corrected chi connectivity index (χ0v) is 18.1. The van der Waals surface area contributed by atoms with Crippen LogP contribution in [-0.4, -0.2) is 0 Å². The molecule has 1 aliphatic carbocycles. The summed E-state index contributed by atoms with van der Waals surface area (Å²) in [6, 6.07) is 28.3. The molecule has 3 aromatic carbocycles. The van der Waals surface area contributed by atoms with Crippen LogP contribution in [-0.2, 0) is 39.1 Å². The van der Waals surface area contributed by atoms with E-state index in [0.29, 0.717) is 0 Å². The van der Waals surface area contributed by atoms with Crippen LogP contribution in [0.4, 0.5) is 0 Å². The molecule has 0 unspecified atom stereocenters. The van der Waals surface area contributed by atoms with Gasteiger partial charge in [0.15, 0.2) is 0 Å². The summed E-state index contributed by atoms with van der Waals surface area (Å²) < 4.78 is 0. The summed E-state index contributed by atoms with van der Waals surface area (Å²) in [5, 5.41) is 0. The second-order valence-corrected chi connectivity index (χ2v) is 5.04. The third-order valence-electron chi connectivity index (χ3n) is 3.57. The topological polar surface area (TPSA) is 0 Å². The van der Waals surface area contributed by atoms with Crippen molar-refractivity contribution in [3.8, 4) is 11.1 Å². The fraction of sp³-hybridized carbons (Fsp3) is 0.174. The minimum absolute atomic E-state index is 0. The molecule has 0 aliphatic heterocycles. The smallest absolute Gasteiger partial charge is 0 e. The molecule has 0 nitrogen and oxygen atoms in total. The molecule has 0 heterocycles. The van der Waals surface area contributed by atoms with Gasteiger partial charge < -0.3 is 7.43 Å². The predicted octanol–water partition coefficient (Wildman–Crippen LogP) is 6.53. The van der Waals surface area contributed by atoms with Crippen molar-refractivity contribution < 1.29 is 32.7 Å². The van der Waals surface area contributed by atoms with Crippen LogP contribution < -0.4 is 0 Å². The average Bonchev–Trinajstić information content (AvgIpc) is 2.97. The molecule has 0 atom stereocenters. The Morgan fingerprint density at radius 2 is 1.17 bits per heavy atom. The van der Waals surface area contributed by atoms with Gasteiger partial charge in [0, 0.05) is 32.7 Å². The van der Waals surface area contributed by atoms with Gasteiger partial charge in [0.2, 0.25) is 0 Å². The normalized spacial score (nSPS) is 9.46. The molecule has 24 heavy (non-hydrogen) atoms. The van der Waals surface area contributed by atoms with E-state index < -0.39 is 0 Å². The first kappa shape index (κ1) is 22.8. The van der Waals surface area contributed by atoms with Crippen molar-refractivity contribution in [2.75, 3.05) is 0 Å². The molecule has 3 aromatic rings. The largest absolute Gasteiger partial charge is 0.358 e. The molecular weight excluding hydrogens is 365 g/mol. The van der Waals surface area contributed by atoms with Crippen molar-refractivity contribution in [1.29, 1.82) is 0 Å². The Balaban J connectivity index is 0.000000419. The molecule has 123 valence electrons. The average molecular weight is 391 g/mol. The zero-order chi connectivity index (χ0) is 15.8. The van der Waals surface area contributed by atoms with Gasteiger partial charge in [0.1, 0.15) is 0 Å². The maximum atomic E-state index is 3.03. The second-order valence-electron chi connectivity index (χ2n) is 5.04. The Bertz CT molecular complexity index is 658. The van der Waals surface area contributed by atoms with Crippen molar-refractivity contribution >= 4 is 0 Å². The van der Waals surface area contributed by atoms with E-state index in [9.17, 15) is 0 Å². The summed E-state index contributed by atoms with van der Waals surface area (Å²) in [6.45, 7) is 6.03. The van der Waals surface area contributed by atoms with E-state index in [1.165, 1.54) is 27.8 Å². The van der Waals surface area contributed by atoms with E-state index in [1.54, 1.807) is 0 Å². The Labute approximate surface area is 173 Å². The van der Waals surface area contributed by atoms with E-state index in [0.717, 1.165) is 6.42 Å². The maximum Gasteiger partial charge on any atom is 0 e. The zero-order valence-electron chi connectivity index (χ0n) is 15.2. The summed E-state index contributed by atoms with van der Waals surface area (Å²) in [4.78, 5) is 0. The van der Waals surface area contributed by atoms with E-state index in [1.807, 2.05) is 45.0 Å². The Morgan fingerprint density at radius 3 is 1.54 bits per heavy atom. The molecule has 0 spiro atoms. The second kappa shape index (κ2) is 12.2. The number of rotatable bonds is 0. The van der Waals surface area contributed by atoms with E-state index in [-0.39, 0.29) is 40.1 Å². The number of hydrogen-bond acceptors (Lipinski definition) is 0. The molecule has 0 amide bonds. The molecule has 0 saturated heterocycles. The number of fused-ring (bicyclic) bond motifs is 3. The predicted molar refractivity (Wildman–Crippen MR) is 102 cm³/mol. The van der Waals surface area contributed by atoms with Crippen molar-refractivity contribution in [1.82, 2.24) is 0 Å². The van der Waals surface area contributed by atoms with E-state index >= 15 is 0 Å². The molecule has 4 rings (SSSR count). The van der Waals surface area contributed by atoms with Crippen LogP contribution in [0.3, 0.4) is 0 Å². The van der Waals surface area contributed by atoms with Gasteiger partial charge in [-0.2, -0.15) is 35.9 Å². The van der Waals surface area contributed by atoms with Crippen molar-refractivity contribution in [2.45, 2.75) is 27.2 Å². The molecule has 0 N–H and O–H groups in total. The third kappa shape index (κ3) is 6.00. The SMILES string of the molecule is CC.Cc1[c-]cccc1.[CH3-].[Y].c1ccc2c(c1)Cc1ccccc1-2. The number of hydrogen-bond donors (Lipinski definition) is 0. The summed E-state index contributed by atoms with van der Waals surface area (Å²) in [5.41, 5.74) is 6.95. The summed E-state index contributed by atoms with van der Waals surface area (Å²) in [5.74, 6) is 0.